The van der Waals surface area contributed by atoms with Crippen LogP contribution in [0.3, 0.4) is 0 Å². The molecule has 1 N–H and O–H groups in total. The number of nitrogens with zero attached hydrogens (tertiary/aromatic N) is 1. The van der Waals surface area contributed by atoms with Gasteiger partial charge in [-0.25, -0.2) is 0 Å². The molecule has 0 saturated carbocycles. The fraction of sp³-hybridized carbons (Fsp3) is 0.812. The number of allylic oxidation sites excluding steroid dienone is 1. The van der Waals surface area contributed by atoms with Gasteiger partial charge in [-0.15, -0.1) is 0 Å². The van der Waals surface area contributed by atoms with Gasteiger partial charge in [0.15, 0.2) is 0 Å². The zero-order valence-electron chi connectivity index (χ0n) is 12.6. The van der Waals surface area contributed by atoms with Crippen molar-refractivity contribution in [3.63, 3.8) is 0 Å². The Morgan fingerprint density at radius 3 is 2.95 bits per heavy atom. The molecule has 0 bridgehead atoms. The zero-order valence-corrected chi connectivity index (χ0v) is 12.6. The molecule has 3 nitrogen and oxygen atoms in total. The van der Waals surface area contributed by atoms with E-state index in [-0.39, 0.29) is 0 Å². The lowest BCUT2D eigenvalue weighted by atomic mass is 9.80. The molecule has 2 rings (SSSR count). The van der Waals surface area contributed by atoms with E-state index in [9.17, 15) is 4.79 Å². The summed E-state index contributed by atoms with van der Waals surface area (Å²) in [7, 11) is 0. The van der Waals surface area contributed by atoms with Crippen LogP contribution >= 0.6 is 0 Å². The van der Waals surface area contributed by atoms with Gasteiger partial charge in [-0.2, -0.15) is 0 Å². The summed E-state index contributed by atoms with van der Waals surface area (Å²) in [6.07, 6.45) is 6.69. The summed E-state index contributed by atoms with van der Waals surface area (Å²) < 4.78 is 0. The smallest absolute Gasteiger partial charge is 0.222 e. The first-order chi connectivity index (χ1) is 9.11. The molecule has 108 valence electrons. The van der Waals surface area contributed by atoms with Crippen molar-refractivity contribution in [1.29, 1.82) is 0 Å². The molecule has 0 aromatic heterocycles. The van der Waals surface area contributed by atoms with Crippen LogP contribution < -0.4 is 5.32 Å². The average Bonchev–Trinajstić information content (AvgIpc) is 2.86. The number of likely N-dealkylation sites (tertiary alicyclic amines) is 1. The Balaban J connectivity index is 1.79. The van der Waals surface area contributed by atoms with Crippen LogP contribution in [-0.4, -0.2) is 36.5 Å². The van der Waals surface area contributed by atoms with E-state index >= 15 is 0 Å². The second-order valence-corrected chi connectivity index (χ2v) is 6.20. The van der Waals surface area contributed by atoms with Crippen LogP contribution in [0.5, 0.6) is 0 Å². The van der Waals surface area contributed by atoms with E-state index in [1.165, 1.54) is 12.8 Å². The molecule has 2 aliphatic rings. The van der Waals surface area contributed by atoms with Crippen LogP contribution in [0.1, 0.15) is 46.5 Å². The Hall–Kier alpha value is -0.830. The van der Waals surface area contributed by atoms with Gasteiger partial charge in [0.25, 0.3) is 0 Å². The Labute approximate surface area is 117 Å². The quantitative estimate of drug-likeness (QED) is 0.792. The molecular weight excluding hydrogens is 236 g/mol. The number of hydrogen-bond donors (Lipinski definition) is 1. The van der Waals surface area contributed by atoms with E-state index in [1.807, 2.05) is 11.8 Å². The first kappa shape index (κ1) is 14.6. The molecule has 0 spiro atoms. The van der Waals surface area contributed by atoms with E-state index in [2.05, 4.69) is 25.2 Å². The maximum Gasteiger partial charge on any atom is 0.222 e. The largest absolute Gasteiger partial charge is 0.341 e. The normalized spacial score (nSPS) is 31.4. The van der Waals surface area contributed by atoms with Crippen molar-refractivity contribution in [3.8, 4) is 0 Å². The average molecular weight is 264 g/mol. The molecule has 3 atom stereocenters. The highest BCUT2D eigenvalue weighted by atomic mass is 16.2. The van der Waals surface area contributed by atoms with Gasteiger partial charge in [0.2, 0.25) is 5.91 Å². The molecule has 1 aliphatic heterocycles. The minimum Gasteiger partial charge on any atom is -0.341 e. The van der Waals surface area contributed by atoms with Crippen molar-refractivity contribution in [3.05, 3.63) is 11.6 Å². The Bertz CT molecular complexity index is 351. The number of carbonyl (C=O) groups is 1. The summed E-state index contributed by atoms with van der Waals surface area (Å²) >= 11 is 0. The van der Waals surface area contributed by atoms with Gasteiger partial charge in [0, 0.05) is 32.1 Å². The summed E-state index contributed by atoms with van der Waals surface area (Å²) in [6.45, 7) is 9.48. The molecular formula is C16H28N2O. The fourth-order valence-corrected chi connectivity index (χ4v) is 3.41. The highest BCUT2D eigenvalue weighted by molar-refractivity contribution is 5.76. The monoisotopic (exact) mass is 264 g/mol. The van der Waals surface area contributed by atoms with E-state index in [0.717, 1.165) is 32.0 Å². The predicted molar refractivity (Wildman–Crippen MR) is 78.9 cm³/mol. The number of amides is 1. The Morgan fingerprint density at radius 2 is 2.26 bits per heavy atom. The van der Waals surface area contributed by atoms with E-state index in [1.54, 1.807) is 5.57 Å². The van der Waals surface area contributed by atoms with Crippen LogP contribution in [0.25, 0.3) is 0 Å². The van der Waals surface area contributed by atoms with Crippen LogP contribution in [0.15, 0.2) is 11.6 Å². The second kappa shape index (κ2) is 6.56. The lowest BCUT2D eigenvalue weighted by molar-refractivity contribution is -0.129. The van der Waals surface area contributed by atoms with Crippen LogP contribution in [0.2, 0.25) is 0 Å². The molecule has 1 amide bonds. The third-order valence-electron chi connectivity index (χ3n) is 4.83. The van der Waals surface area contributed by atoms with E-state index < -0.39 is 0 Å². The molecule has 1 saturated heterocycles. The highest BCUT2D eigenvalue weighted by Gasteiger charge is 2.27. The summed E-state index contributed by atoms with van der Waals surface area (Å²) in [4.78, 5) is 13.7. The molecule has 3 heteroatoms. The van der Waals surface area contributed by atoms with Crippen molar-refractivity contribution in [2.45, 2.75) is 52.5 Å². The van der Waals surface area contributed by atoms with Gasteiger partial charge < -0.3 is 10.2 Å². The minimum atomic E-state index is 0.298. The van der Waals surface area contributed by atoms with E-state index in [4.69, 9.17) is 0 Å². The van der Waals surface area contributed by atoms with Gasteiger partial charge in [0.1, 0.15) is 0 Å². The third-order valence-corrected chi connectivity index (χ3v) is 4.83. The first-order valence-corrected chi connectivity index (χ1v) is 7.79. The number of carbonyl (C=O) groups excluding carboxylic acids is 1. The molecule has 1 heterocycles. The van der Waals surface area contributed by atoms with Crippen molar-refractivity contribution >= 4 is 5.91 Å². The van der Waals surface area contributed by atoms with Crippen molar-refractivity contribution < 1.29 is 4.79 Å². The van der Waals surface area contributed by atoms with Gasteiger partial charge in [0.05, 0.1) is 0 Å². The molecule has 1 fully saturated rings. The van der Waals surface area contributed by atoms with Crippen molar-refractivity contribution in [1.82, 2.24) is 10.2 Å². The summed E-state index contributed by atoms with van der Waals surface area (Å²) in [5.41, 5.74) is 1.55. The fourth-order valence-electron chi connectivity index (χ4n) is 3.41. The van der Waals surface area contributed by atoms with Gasteiger partial charge >= 0.3 is 0 Å². The minimum absolute atomic E-state index is 0.298. The molecule has 0 aromatic carbocycles. The predicted octanol–water partition coefficient (Wildman–Crippen LogP) is 2.58. The second-order valence-electron chi connectivity index (χ2n) is 6.20. The topological polar surface area (TPSA) is 32.3 Å². The molecule has 3 unspecified atom stereocenters. The standard InChI is InChI=1S/C16H28N2O/c1-4-16(19)18-9-8-14(11-18)17-10-15-12(2)6-5-7-13(15)3/h6,13-15,17H,4-5,7-11H2,1-3H3. The lowest BCUT2D eigenvalue weighted by Gasteiger charge is -2.30. The number of hydrogen-bond acceptors (Lipinski definition) is 2. The molecule has 0 radical (unpaired) electrons. The van der Waals surface area contributed by atoms with Crippen molar-refractivity contribution in [2.75, 3.05) is 19.6 Å². The summed E-state index contributed by atoms with van der Waals surface area (Å²) in [5.74, 6) is 1.77. The lowest BCUT2D eigenvalue weighted by Crippen LogP contribution is -2.39. The maximum atomic E-state index is 11.7. The molecule has 19 heavy (non-hydrogen) atoms. The SMILES string of the molecule is CCC(=O)N1CCC(NCC2C(C)=CCCC2C)C1. The highest BCUT2D eigenvalue weighted by Crippen LogP contribution is 2.29. The Morgan fingerprint density at radius 1 is 1.47 bits per heavy atom. The van der Waals surface area contributed by atoms with E-state index in [0.29, 0.717) is 24.3 Å². The third kappa shape index (κ3) is 3.59. The maximum absolute atomic E-state index is 11.7. The molecule has 1 aliphatic carbocycles. The van der Waals surface area contributed by atoms with Gasteiger partial charge in [-0.1, -0.05) is 25.5 Å². The van der Waals surface area contributed by atoms with Crippen LogP contribution in [0.4, 0.5) is 0 Å². The van der Waals surface area contributed by atoms with Gasteiger partial charge in [-0.05, 0) is 38.0 Å². The number of nitrogens with one attached hydrogen (secondary N) is 1. The van der Waals surface area contributed by atoms with Gasteiger partial charge in [-0.3, -0.25) is 4.79 Å². The summed E-state index contributed by atoms with van der Waals surface area (Å²) in [5, 5.41) is 3.69. The Kier molecular flexibility index (Phi) is 5.03. The molecule has 0 aromatic rings. The zero-order chi connectivity index (χ0) is 13.8. The van der Waals surface area contributed by atoms with Crippen LogP contribution in [0, 0.1) is 11.8 Å². The van der Waals surface area contributed by atoms with Crippen LogP contribution in [-0.2, 0) is 4.79 Å². The first-order valence-electron chi connectivity index (χ1n) is 7.79. The number of rotatable bonds is 4. The summed E-state index contributed by atoms with van der Waals surface area (Å²) in [6, 6.07) is 0.498. The van der Waals surface area contributed by atoms with Crippen molar-refractivity contribution in [2.24, 2.45) is 11.8 Å².